The molecule has 3 aromatic rings. The monoisotopic (exact) mass is 498 g/mol. The number of hydrogen-bond acceptors (Lipinski definition) is 8. The van der Waals surface area contributed by atoms with E-state index in [0.717, 1.165) is 11.6 Å². The second kappa shape index (κ2) is 8.87. The number of ether oxygens (including phenoxy) is 2. The zero-order valence-electron chi connectivity index (χ0n) is 19.1. The van der Waals surface area contributed by atoms with Crippen LogP contribution in [0, 0.1) is 0 Å². The second-order valence-electron chi connectivity index (χ2n) is 8.24. The first-order valence-electron chi connectivity index (χ1n) is 10.4. The molecule has 0 unspecified atom stereocenters. The second-order valence-corrected chi connectivity index (χ2v) is 9.92. The number of aromatic nitrogens is 2. The lowest BCUT2D eigenvalue weighted by Crippen LogP contribution is -2.47. The van der Waals surface area contributed by atoms with Crippen molar-refractivity contribution >= 4 is 27.5 Å². The summed E-state index contributed by atoms with van der Waals surface area (Å²) in [5.74, 6) is -0.0989. The molecular weight excluding hydrogens is 476 g/mol. The van der Waals surface area contributed by atoms with E-state index in [1.165, 1.54) is 44.2 Å². The Morgan fingerprint density at radius 2 is 1.69 bits per heavy atom. The summed E-state index contributed by atoms with van der Waals surface area (Å²) in [6.07, 6.45) is 0. The Morgan fingerprint density at radius 1 is 1.00 bits per heavy atom. The third-order valence-corrected chi connectivity index (χ3v) is 6.70. The average Bonchev–Trinajstić information content (AvgIpc) is 3.26. The fraction of sp³-hybridized carbons (Fsp3) is 0.217. The number of sulfonamides is 1. The van der Waals surface area contributed by atoms with Gasteiger partial charge in [-0.25, -0.2) is 17.8 Å². The van der Waals surface area contributed by atoms with Gasteiger partial charge in [0, 0.05) is 24.2 Å². The Bertz CT molecular complexity index is 1480. The molecule has 12 heteroatoms. The summed E-state index contributed by atoms with van der Waals surface area (Å²) >= 11 is 0. The zero-order valence-corrected chi connectivity index (χ0v) is 19.9. The number of nitrogens with zero attached hydrogens (tertiary/aromatic N) is 2. The van der Waals surface area contributed by atoms with Crippen LogP contribution in [0.5, 0.6) is 11.5 Å². The van der Waals surface area contributed by atoms with Crippen LogP contribution in [-0.2, 0) is 25.2 Å². The molecular formula is C23H22N4O7S. The number of rotatable bonds is 6. The highest BCUT2D eigenvalue weighted by Gasteiger charge is 2.32. The minimum absolute atomic E-state index is 0.124. The smallest absolute Gasteiger partial charge is 0.267 e. The topological polar surface area (TPSA) is 146 Å². The van der Waals surface area contributed by atoms with Gasteiger partial charge in [-0.2, -0.15) is 5.10 Å². The van der Waals surface area contributed by atoms with E-state index in [1.54, 1.807) is 24.3 Å². The van der Waals surface area contributed by atoms with Crippen LogP contribution in [0.3, 0.4) is 0 Å². The summed E-state index contributed by atoms with van der Waals surface area (Å²) < 4.78 is 37.8. The number of amides is 2. The predicted molar refractivity (Wildman–Crippen MR) is 125 cm³/mol. The van der Waals surface area contributed by atoms with Crippen LogP contribution in [0.15, 0.2) is 64.3 Å². The predicted octanol–water partition coefficient (Wildman–Crippen LogP) is 1.84. The van der Waals surface area contributed by atoms with Crippen LogP contribution in [0.25, 0.3) is 11.3 Å². The highest BCUT2D eigenvalue weighted by atomic mass is 32.2. The molecule has 0 fully saturated rings. The number of anilines is 1. The van der Waals surface area contributed by atoms with Crippen LogP contribution in [-0.4, -0.2) is 36.8 Å². The molecule has 1 aromatic heterocycles. The van der Waals surface area contributed by atoms with E-state index in [1.807, 2.05) is 4.72 Å². The lowest BCUT2D eigenvalue weighted by Gasteiger charge is -2.25. The molecule has 1 aliphatic rings. The number of nitrogens with one attached hydrogen (secondary N) is 2. The van der Waals surface area contributed by atoms with Crippen LogP contribution in [0.4, 0.5) is 5.69 Å². The third kappa shape index (κ3) is 4.87. The fourth-order valence-electron chi connectivity index (χ4n) is 3.37. The van der Waals surface area contributed by atoms with E-state index in [0.29, 0.717) is 28.4 Å². The van der Waals surface area contributed by atoms with Gasteiger partial charge in [-0.3, -0.25) is 14.4 Å². The first-order valence-corrected chi connectivity index (χ1v) is 11.9. The maximum atomic E-state index is 13.1. The van der Waals surface area contributed by atoms with Gasteiger partial charge in [0.2, 0.25) is 12.7 Å². The Kier molecular flexibility index (Phi) is 6.07. The first-order chi connectivity index (χ1) is 16.5. The summed E-state index contributed by atoms with van der Waals surface area (Å²) in [6.45, 7) is 4.29. The van der Waals surface area contributed by atoms with Crippen molar-refractivity contribution in [3.63, 3.8) is 0 Å². The van der Waals surface area contributed by atoms with Crippen molar-refractivity contribution in [1.82, 2.24) is 14.5 Å². The van der Waals surface area contributed by atoms with Gasteiger partial charge in [-0.15, -0.1) is 0 Å². The Labute approximate surface area is 200 Å². The van der Waals surface area contributed by atoms with Gasteiger partial charge in [0.05, 0.1) is 10.6 Å². The van der Waals surface area contributed by atoms with Crippen molar-refractivity contribution in [1.29, 1.82) is 0 Å². The molecule has 2 heterocycles. The molecule has 182 valence electrons. The Balaban J connectivity index is 1.57. The molecule has 2 amide bonds. The number of benzene rings is 2. The summed E-state index contributed by atoms with van der Waals surface area (Å²) in [5.41, 5.74) is -0.452. The molecule has 35 heavy (non-hydrogen) atoms. The van der Waals surface area contributed by atoms with Gasteiger partial charge in [0.1, 0.15) is 5.54 Å². The number of fused-ring (bicyclic) bond motifs is 1. The van der Waals surface area contributed by atoms with Crippen molar-refractivity contribution < 1.29 is 27.5 Å². The standard InChI is InChI=1S/C23H22N4O7S/c1-14(28)26-35(31,32)17-7-5-16(6-8-17)24-22(30)23(2,3)27-21(29)11-9-18(25-27)15-4-10-19-20(12-15)34-13-33-19/h4-12H,13H2,1-3H3,(H,24,30)(H,26,28). The minimum atomic E-state index is -4.00. The van der Waals surface area contributed by atoms with Crippen LogP contribution in [0.1, 0.15) is 20.8 Å². The summed E-state index contributed by atoms with van der Waals surface area (Å²) in [6, 6.07) is 13.4. The van der Waals surface area contributed by atoms with Crippen molar-refractivity contribution in [2.75, 3.05) is 12.1 Å². The molecule has 4 rings (SSSR count). The van der Waals surface area contributed by atoms with E-state index in [9.17, 15) is 22.8 Å². The van der Waals surface area contributed by atoms with E-state index < -0.39 is 32.9 Å². The van der Waals surface area contributed by atoms with Crippen LogP contribution >= 0.6 is 0 Å². The first kappa shape index (κ1) is 24.0. The lowest BCUT2D eigenvalue weighted by atomic mass is 10.0. The Hall–Kier alpha value is -4.19. The molecule has 1 aliphatic heterocycles. The van der Waals surface area contributed by atoms with Crippen LogP contribution in [0.2, 0.25) is 0 Å². The third-order valence-electron chi connectivity index (χ3n) is 5.25. The molecule has 0 radical (unpaired) electrons. The zero-order chi connectivity index (χ0) is 25.4. The van der Waals surface area contributed by atoms with Gasteiger partial charge >= 0.3 is 0 Å². The van der Waals surface area contributed by atoms with Gasteiger partial charge in [0.15, 0.2) is 11.5 Å². The fourth-order valence-corrected chi connectivity index (χ4v) is 4.36. The summed E-state index contributed by atoms with van der Waals surface area (Å²) in [5, 5.41) is 7.07. The van der Waals surface area contributed by atoms with E-state index >= 15 is 0 Å². The van der Waals surface area contributed by atoms with Gasteiger partial charge < -0.3 is 14.8 Å². The van der Waals surface area contributed by atoms with Gasteiger partial charge in [-0.1, -0.05) is 0 Å². The van der Waals surface area contributed by atoms with Crippen molar-refractivity contribution in [3.8, 4) is 22.8 Å². The van der Waals surface area contributed by atoms with Crippen molar-refractivity contribution in [3.05, 3.63) is 65.0 Å². The Morgan fingerprint density at radius 3 is 2.37 bits per heavy atom. The van der Waals surface area contributed by atoms with Gasteiger partial charge in [-0.05, 0) is 62.4 Å². The number of carbonyl (C=O) groups excluding carboxylic acids is 2. The number of carbonyl (C=O) groups is 2. The molecule has 2 aromatic carbocycles. The molecule has 0 saturated carbocycles. The van der Waals surface area contributed by atoms with E-state index in [-0.39, 0.29) is 11.7 Å². The quantitative estimate of drug-likeness (QED) is 0.524. The van der Waals surface area contributed by atoms with Gasteiger partial charge in [0.25, 0.3) is 21.5 Å². The normalized spacial score (nSPS) is 12.8. The number of hydrogen-bond donors (Lipinski definition) is 2. The molecule has 11 nitrogen and oxygen atoms in total. The highest BCUT2D eigenvalue weighted by molar-refractivity contribution is 7.90. The average molecular weight is 499 g/mol. The molecule has 2 N–H and O–H groups in total. The molecule has 0 aliphatic carbocycles. The van der Waals surface area contributed by atoms with Crippen LogP contribution < -0.4 is 25.1 Å². The SMILES string of the molecule is CC(=O)NS(=O)(=O)c1ccc(NC(=O)C(C)(C)n2nc(-c3ccc4c(c3)OCO4)ccc2=O)cc1. The molecule has 0 atom stereocenters. The molecule has 0 bridgehead atoms. The maximum Gasteiger partial charge on any atom is 0.267 e. The molecule has 0 spiro atoms. The largest absolute Gasteiger partial charge is 0.454 e. The van der Waals surface area contributed by atoms with Crippen molar-refractivity contribution in [2.45, 2.75) is 31.2 Å². The minimum Gasteiger partial charge on any atom is -0.454 e. The van der Waals surface area contributed by atoms with E-state index in [2.05, 4.69) is 10.4 Å². The lowest BCUT2D eigenvalue weighted by molar-refractivity contribution is -0.123. The molecule has 0 saturated heterocycles. The summed E-state index contributed by atoms with van der Waals surface area (Å²) in [4.78, 5) is 36.7. The van der Waals surface area contributed by atoms with Crippen molar-refractivity contribution in [2.24, 2.45) is 0 Å². The van der Waals surface area contributed by atoms with E-state index in [4.69, 9.17) is 9.47 Å². The summed E-state index contributed by atoms with van der Waals surface area (Å²) in [7, 11) is -4.00. The highest BCUT2D eigenvalue weighted by Crippen LogP contribution is 2.35. The maximum absolute atomic E-state index is 13.1.